The van der Waals surface area contributed by atoms with Gasteiger partial charge in [0.1, 0.15) is 5.75 Å². The van der Waals surface area contributed by atoms with Gasteiger partial charge in [-0.2, -0.15) is 0 Å². The Bertz CT molecular complexity index is 1060. The van der Waals surface area contributed by atoms with Crippen LogP contribution in [0.25, 0.3) is 16.6 Å². The summed E-state index contributed by atoms with van der Waals surface area (Å²) in [5.74, 6) is 0.947. The van der Waals surface area contributed by atoms with Gasteiger partial charge in [-0.05, 0) is 56.7 Å². The van der Waals surface area contributed by atoms with Crippen LogP contribution in [0.2, 0.25) is 5.02 Å². The van der Waals surface area contributed by atoms with Crippen molar-refractivity contribution < 1.29 is 9.84 Å². The first-order valence-corrected chi connectivity index (χ1v) is 9.78. The molecule has 2 aromatic carbocycles. The standard InChI is InChI=1S/C20H21ClN2O3S/c1-12-5-8-17(26-4)16(9-12)23-18(24)14-7-6-13(21)10-15(14)22-19(23)27-11-20(2,3)25/h5-10,25H,11H2,1-4H3. The van der Waals surface area contributed by atoms with E-state index in [9.17, 15) is 9.90 Å². The Morgan fingerprint density at radius 2 is 2.00 bits per heavy atom. The molecule has 0 saturated heterocycles. The van der Waals surface area contributed by atoms with Gasteiger partial charge in [0.05, 0.1) is 29.3 Å². The molecule has 7 heteroatoms. The third-order valence-electron chi connectivity index (χ3n) is 3.93. The zero-order valence-electron chi connectivity index (χ0n) is 15.6. The summed E-state index contributed by atoms with van der Waals surface area (Å²) in [7, 11) is 1.57. The zero-order chi connectivity index (χ0) is 19.8. The van der Waals surface area contributed by atoms with Crippen LogP contribution in [0.1, 0.15) is 19.4 Å². The van der Waals surface area contributed by atoms with Crippen LogP contribution in [0.5, 0.6) is 5.75 Å². The lowest BCUT2D eigenvalue weighted by atomic mass is 10.2. The predicted molar refractivity (Wildman–Crippen MR) is 111 cm³/mol. The second-order valence-electron chi connectivity index (χ2n) is 6.97. The first kappa shape index (κ1) is 19.7. The molecule has 0 aliphatic rings. The number of aromatic nitrogens is 2. The maximum Gasteiger partial charge on any atom is 0.266 e. The van der Waals surface area contributed by atoms with Crippen LogP contribution in [-0.2, 0) is 0 Å². The Hall–Kier alpha value is -2.02. The topological polar surface area (TPSA) is 64.3 Å². The molecular formula is C20H21ClN2O3S. The second-order valence-corrected chi connectivity index (χ2v) is 8.35. The molecule has 0 saturated carbocycles. The lowest BCUT2D eigenvalue weighted by molar-refractivity contribution is 0.107. The van der Waals surface area contributed by atoms with Gasteiger partial charge in [-0.15, -0.1) is 0 Å². The van der Waals surface area contributed by atoms with E-state index >= 15 is 0 Å². The minimum Gasteiger partial charge on any atom is -0.495 e. The van der Waals surface area contributed by atoms with Crippen molar-refractivity contribution in [2.24, 2.45) is 0 Å². The fourth-order valence-corrected chi connectivity index (χ4v) is 3.79. The summed E-state index contributed by atoms with van der Waals surface area (Å²) in [4.78, 5) is 18.0. The van der Waals surface area contributed by atoms with Crippen molar-refractivity contribution in [3.8, 4) is 11.4 Å². The molecule has 0 aliphatic carbocycles. The van der Waals surface area contributed by atoms with Gasteiger partial charge < -0.3 is 9.84 Å². The molecular weight excluding hydrogens is 384 g/mol. The van der Waals surface area contributed by atoms with Gasteiger partial charge in [0.25, 0.3) is 5.56 Å². The molecule has 0 spiro atoms. The smallest absolute Gasteiger partial charge is 0.266 e. The Kier molecular flexibility index (Phi) is 5.51. The minimum absolute atomic E-state index is 0.209. The third kappa shape index (κ3) is 4.29. The molecule has 0 amide bonds. The molecule has 1 aromatic heterocycles. The Labute approximate surface area is 167 Å². The summed E-state index contributed by atoms with van der Waals surface area (Å²) >= 11 is 7.39. The number of hydrogen-bond donors (Lipinski definition) is 1. The van der Waals surface area contributed by atoms with Gasteiger partial charge in [-0.25, -0.2) is 4.98 Å². The lowest BCUT2D eigenvalue weighted by Gasteiger charge is -2.19. The van der Waals surface area contributed by atoms with Gasteiger partial charge in [0, 0.05) is 10.8 Å². The van der Waals surface area contributed by atoms with Crippen molar-refractivity contribution in [3.63, 3.8) is 0 Å². The number of rotatable bonds is 5. The molecule has 27 heavy (non-hydrogen) atoms. The maximum absolute atomic E-state index is 13.3. The largest absolute Gasteiger partial charge is 0.495 e. The number of hydrogen-bond acceptors (Lipinski definition) is 5. The van der Waals surface area contributed by atoms with Gasteiger partial charge in [-0.3, -0.25) is 9.36 Å². The van der Waals surface area contributed by atoms with Gasteiger partial charge in [0.2, 0.25) is 0 Å². The molecule has 0 atom stereocenters. The third-order valence-corrected chi connectivity index (χ3v) is 5.55. The molecule has 0 radical (unpaired) electrons. The van der Waals surface area contributed by atoms with Crippen molar-refractivity contribution >= 4 is 34.3 Å². The molecule has 5 nitrogen and oxygen atoms in total. The molecule has 3 aromatic rings. The summed E-state index contributed by atoms with van der Waals surface area (Å²) in [5.41, 5.74) is 1.01. The monoisotopic (exact) mass is 404 g/mol. The van der Waals surface area contributed by atoms with Crippen molar-refractivity contribution in [2.45, 2.75) is 31.5 Å². The van der Waals surface area contributed by atoms with Crippen LogP contribution in [0.3, 0.4) is 0 Å². The Balaban J connectivity index is 2.32. The van der Waals surface area contributed by atoms with Crippen LogP contribution in [0.15, 0.2) is 46.3 Å². The molecule has 0 fully saturated rings. The van der Waals surface area contributed by atoms with E-state index in [1.165, 1.54) is 11.8 Å². The van der Waals surface area contributed by atoms with E-state index in [2.05, 4.69) is 4.98 Å². The van der Waals surface area contributed by atoms with Crippen molar-refractivity contribution in [1.82, 2.24) is 9.55 Å². The van der Waals surface area contributed by atoms with Crippen molar-refractivity contribution in [2.75, 3.05) is 12.9 Å². The highest BCUT2D eigenvalue weighted by atomic mass is 35.5. The average Bonchev–Trinajstić information content (AvgIpc) is 2.59. The SMILES string of the molecule is COc1ccc(C)cc1-n1c(SCC(C)(C)O)nc2cc(Cl)ccc2c1=O. The highest BCUT2D eigenvalue weighted by Gasteiger charge is 2.20. The fraction of sp³-hybridized carbons (Fsp3) is 0.300. The number of fused-ring (bicyclic) bond motifs is 1. The number of aryl methyl sites for hydroxylation is 1. The molecule has 3 rings (SSSR count). The van der Waals surface area contributed by atoms with E-state index in [1.807, 2.05) is 25.1 Å². The fourth-order valence-electron chi connectivity index (χ4n) is 2.66. The van der Waals surface area contributed by atoms with E-state index in [0.29, 0.717) is 38.3 Å². The van der Waals surface area contributed by atoms with E-state index in [1.54, 1.807) is 43.7 Å². The normalized spacial score (nSPS) is 11.8. The Morgan fingerprint density at radius 1 is 1.26 bits per heavy atom. The minimum atomic E-state index is -0.910. The van der Waals surface area contributed by atoms with E-state index in [4.69, 9.17) is 16.3 Å². The van der Waals surface area contributed by atoms with Gasteiger partial charge in [0.15, 0.2) is 5.16 Å². The second kappa shape index (κ2) is 7.54. The number of ether oxygens (including phenoxy) is 1. The van der Waals surface area contributed by atoms with E-state index in [-0.39, 0.29) is 5.56 Å². The van der Waals surface area contributed by atoms with Crippen LogP contribution in [0.4, 0.5) is 0 Å². The van der Waals surface area contributed by atoms with Crippen LogP contribution in [-0.4, -0.2) is 33.1 Å². The van der Waals surface area contributed by atoms with Gasteiger partial charge >= 0.3 is 0 Å². The average molecular weight is 405 g/mol. The van der Waals surface area contributed by atoms with Crippen LogP contribution in [0, 0.1) is 6.92 Å². The molecule has 1 heterocycles. The number of methoxy groups -OCH3 is 1. The number of benzene rings is 2. The number of aliphatic hydroxyl groups is 1. The molecule has 1 N–H and O–H groups in total. The van der Waals surface area contributed by atoms with Crippen molar-refractivity contribution in [1.29, 1.82) is 0 Å². The molecule has 0 aliphatic heterocycles. The first-order chi connectivity index (χ1) is 12.7. The van der Waals surface area contributed by atoms with E-state index < -0.39 is 5.60 Å². The van der Waals surface area contributed by atoms with Crippen LogP contribution < -0.4 is 10.3 Å². The number of thioether (sulfide) groups is 1. The molecule has 0 unspecified atom stereocenters. The van der Waals surface area contributed by atoms with E-state index in [0.717, 1.165) is 5.56 Å². The zero-order valence-corrected chi connectivity index (χ0v) is 17.2. The highest BCUT2D eigenvalue weighted by Crippen LogP contribution is 2.30. The highest BCUT2D eigenvalue weighted by molar-refractivity contribution is 7.99. The maximum atomic E-state index is 13.3. The quantitative estimate of drug-likeness (QED) is 0.509. The summed E-state index contributed by atoms with van der Waals surface area (Å²) in [6.45, 7) is 5.38. The first-order valence-electron chi connectivity index (χ1n) is 8.42. The number of halogens is 1. The predicted octanol–water partition coefficient (Wildman–Crippen LogP) is 4.22. The summed E-state index contributed by atoms with van der Waals surface area (Å²) < 4.78 is 7.01. The molecule has 0 bridgehead atoms. The lowest BCUT2D eigenvalue weighted by Crippen LogP contribution is -2.25. The van der Waals surface area contributed by atoms with Gasteiger partial charge in [-0.1, -0.05) is 29.4 Å². The molecule has 142 valence electrons. The summed E-state index contributed by atoms with van der Waals surface area (Å²) in [6.07, 6.45) is 0. The Morgan fingerprint density at radius 3 is 2.67 bits per heavy atom. The summed E-state index contributed by atoms with van der Waals surface area (Å²) in [5, 5.41) is 11.6. The van der Waals surface area contributed by atoms with Crippen molar-refractivity contribution in [3.05, 3.63) is 57.3 Å². The summed E-state index contributed by atoms with van der Waals surface area (Å²) in [6, 6.07) is 10.7. The van der Waals surface area contributed by atoms with Crippen LogP contribution >= 0.6 is 23.4 Å². The number of nitrogens with zero attached hydrogens (tertiary/aromatic N) is 2.